The number of nitro groups is 1. The Labute approximate surface area is 102 Å². The second-order valence-electron chi connectivity index (χ2n) is 4.74. The number of nitrogens with zero attached hydrogens (tertiary/aromatic N) is 1. The van der Waals surface area contributed by atoms with Gasteiger partial charge in [0.2, 0.25) is 0 Å². The maximum Gasteiger partial charge on any atom is 0.285 e. The van der Waals surface area contributed by atoms with E-state index in [-0.39, 0.29) is 0 Å². The fourth-order valence-corrected chi connectivity index (χ4v) is 1.28. The van der Waals surface area contributed by atoms with Crippen LogP contribution in [0.4, 0.5) is 14.5 Å². The average molecular weight is 258 g/mol. The minimum Gasteiger partial charge on any atom is -0.347 e. The Morgan fingerprint density at radius 2 is 1.78 bits per heavy atom. The summed E-state index contributed by atoms with van der Waals surface area (Å²) >= 11 is 0. The van der Waals surface area contributed by atoms with Crippen molar-refractivity contribution in [3.63, 3.8) is 0 Å². The van der Waals surface area contributed by atoms with Crippen molar-refractivity contribution in [1.82, 2.24) is 5.32 Å². The molecule has 98 valence electrons. The highest BCUT2D eigenvalue weighted by Crippen LogP contribution is 2.22. The maximum absolute atomic E-state index is 13.0. The summed E-state index contributed by atoms with van der Waals surface area (Å²) in [6.07, 6.45) is 0. The Bertz CT molecular complexity index is 510. The standard InChI is InChI=1S/C11H12F2N2O3/c1-11(2,3)14-10(16)6-4-7(12)8(13)5-9(6)15(17)18/h4-5H,1-3H3,(H,14,16). The normalized spacial score (nSPS) is 11.2. The molecule has 0 unspecified atom stereocenters. The summed E-state index contributed by atoms with van der Waals surface area (Å²) in [5.74, 6) is -3.50. The first-order chi connectivity index (χ1) is 8.11. The number of amides is 1. The van der Waals surface area contributed by atoms with Crippen LogP contribution in [-0.4, -0.2) is 16.4 Å². The first kappa shape index (κ1) is 14.0. The average Bonchev–Trinajstić information content (AvgIpc) is 2.18. The van der Waals surface area contributed by atoms with Gasteiger partial charge in [0, 0.05) is 5.54 Å². The first-order valence-corrected chi connectivity index (χ1v) is 5.08. The van der Waals surface area contributed by atoms with E-state index in [4.69, 9.17) is 0 Å². The van der Waals surface area contributed by atoms with Gasteiger partial charge in [-0.1, -0.05) is 0 Å². The fourth-order valence-electron chi connectivity index (χ4n) is 1.28. The van der Waals surface area contributed by atoms with Crippen LogP contribution >= 0.6 is 0 Å². The van der Waals surface area contributed by atoms with E-state index in [0.29, 0.717) is 12.1 Å². The summed E-state index contributed by atoms with van der Waals surface area (Å²) < 4.78 is 25.9. The molecule has 18 heavy (non-hydrogen) atoms. The zero-order valence-corrected chi connectivity index (χ0v) is 10.1. The number of hydrogen-bond donors (Lipinski definition) is 1. The molecule has 0 bridgehead atoms. The Balaban J connectivity index is 3.26. The third kappa shape index (κ3) is 3.22. The molecule has 1 rings (SSSR count). The van der Waals surface area contributed by atoms with Gasteiger partial charge in [-0.15, -0.1) is 0 Å². The van der Waals surface area contributed by atoms with Gasteiger partial charge in [-0.3, -0.25) is 14.9 Å². The predicted octanol–water partition coefficient (Wildman–Crippen LogP) is 2.40. The smallest absolute Gasteiger partial charge is 0.285 e. The topological polar surface area (TPSA) is 72.2 Å². The molecule has 0 aliphatic heterocycles. The molecule has 0 heterocycles. The zero-order chi connectivity index (χ0) is 14.1. The van der Waals surface area contributed by atoms with Crippen molar-refractivity contribution >= 4 is 11.6 Å². The van der Waals surface area contributed by atoms with Crippen LogP contribution in [0.3, 0.4) is 0 Å². The van der Waals surface area contributed by atoms with Crippen LogP contribution in [0.15, 0.2) is 12.1 Å². The summed E-state index contributed by atoms with van der Waals surface area (Å²) in [7, 11) is 0. The molecule has 0 spiro atoms. The minimum atomic E-state index is -1.37. The second kappa shape index (κ2) is 4.67. The van der Waals surface area contributed by atoms with Gasteiger partial charge in [-0.2, -0.15) is 0 Å². The lowest BCUT2D eigenvalue weighted by atomic mass is 10.1. The van der Waals surface area contributed by atoms with Crippen LogP contribution in [0.2, 0.25) is 0 Å². The lowest BCUT2D eigenvalue weighted by Crippen LogP contribution is -2.40. The van der Waals surface area contributed by atoms with Crippen molar-refractivity contribution in [3.8, 4) is 0 Å². The summed E-state index contributed by atoms with van der Waals surface area (Å²) in [5.41, 5.74) is -1.92. The van der Waals surface area contributed by atoms with Gasteiger partial charge in [0.15, 0.2) is 11.6 Å². The van der Waals surface area contributed by atoms with E-state index in [2.05, 4.69) is 5.32 Å². The molecule has 0 aliphatic rings. The molecule has 0 radical (unpaired) electrons. The van der Waals surface area contributed by atoms with Crippen molar-refractivity contribution in [1.29, 1.82) is 0 Å². The minimum absolute atomic E-state index is 0.396. The van der Waals surface area contributed by atoms with E-state index < -0.39 is 39.3 Å². The van der Waals surface area contributed by atoms with E-state index in [1.54, 1.807) is 20.8 Å². The Kier molecular flexibility index (Phi) is 3.64. The third-order valence-electron chi connectivity index (χ3n) is 1.97. The number of rotatable bonds is 2. The molecule has 1 aromatic carbocycles. The number of nitro benzene ring substituents is 1. The molecular formula is C11H12F2N2O3. The molecule has 0 saturated heterocycles. The van der Waals surface area contributed by atoms with Crippen LogP contribution in [0.5, 0.6) is 0 Å². The SMILES string of the molecule is CC(C)(C)NC(=O)c1cc(F)c(F)cc1[N+](=O)[O-]. The Morgan fingerprint density at radius 1 is 1.28 bits per heavy atom. The molecule has 1 aromatic rings. The van der Waals surface area contributed by atoms with Crippen LogP contribution in [0.25, 0.3) is 0 Å². The van der Waals surface area contributed by atoms with E-state index in [1.807, 2.05) is 0 Å². The van der Waals surface area contributed by atoms with Crippen LogP contribution in [0.1, 0.15) is 31.1 Å². The second-order valence-corrected chi connectivity index (χ2v) is 4.74. The Hall–Kier alpha value is -2.05. The molecule has 0 fully saturated rings. The van der Waals surface area contributed by atoms with Gasteiger partial charge in [0.05, 0.1) is 11.0 Å². The van der Waals surface area contributed by atoms with Crippen molar-refractivity contribution < 1.29 is 18.5 Å². The van der Waals surface area contributed by atoms with Crippen molar-refractivity contribution in [3.05, 3.63) is 39.4 Å². The van der Waals surface area contributed by atoms with E-state index in [1.165, 1.54) is 0 Å². The summed E-state index contributed by atoms with van der Waals surface area (Å²) in [6, 6.07) is 0.918. The zero-order valence-electron chi connectivity index (χ0n) is 10.1. The number of carbonyl (C=O) groups excluding carboxylic acids is 1. The highest BCUT2D eigenvalue weighted by Gasteiger charge is 2.26. The number of halogens is 2. The van der Waals surface area contributed by atoms with E-state index in [9.17, 15) is 23.7 Å². The predicted molar refractivity (Wildman–Crippen MR) is 60.2 cm³/mol. The molecule has 1 amide bonds. The molecule has 0 saturated carbocycles. The first-order valence-electron chi connectivity index (χ1n) is 5.08. The fraction of sp³-hybridized carbons (Fsp3) is 0.364. The maximum atomic E-state index is 13.0. The van der Waals surface area contributed by atoms with E-state index in [0.717, 1.165) is 0 Å². The summed E-state index contributed by atoms with van der Waals surface area (Å²) in [6.45, 7) is 4.99. The number of carbonyl (C=O) groups is 1. The highest BCUT2D eigenvalue weighted by atomic mass is 19.2. The number of benzene rings is 1. The van der Waals surface area contributed by atoms with Gasteiger partial charge in [0.25, 0.3) is 11.6 Å². The molecule has 0 aliphatic carbocycles. The van der Waals surface area contributed by atoms with Gasteiger partial charge < -0.3 is 5.32 Å². The van der Waals surface area contributed by atoms with Crippen LogP contribution < -0.4 is 5.32 Å². The molecule has 0 atom stereocenters. The lowest BCUT2D eigenvalue weighted by molar-refractivity contribution is -0.385. The summed E-state index contributed by atoms with van der Waals surface area (Å²) in [5, 5.41) is 13.1. The van der Waals surface area contributed by atoms with Crippen molar-refractivity contribution in [2.75, 3.05) is 0 Å². The van der Waals surface area contributed by atoms with E-state index >= 15 is 0 Å². The van der Waals surface area contributed by atoms with Gasteiger partial charge in [0.1, 0.15) is 5.56 Å². The lowest BCUT2D eigenvalue weighted by Gasteiger charge is -2.20. The van der Waals surface area contributed by atoms with Crippen molar-refractivity contribution in [2.24, 2.45) is 0 Å². The largest absolute Gasteiger partial charge is 0.347 e. The van der Waals surface area contributed by atoms with Crippen molar-refractivity contribution in [2.45, 2.75) is 26.3 Å². The Morgan fingerprint density at radius 3 is 2.22 bits per heavy atom. The summed E-state index contributed by atoms with van der Waals surface area (Å²) in [4.78, 5) is 21.5. The molecule has 1 N–H and O–H groups in total. The molecule has 7 heteroatoms. The van der Waals surface area contributed by atoms with Gasteiger partial charge in [-0.25, -0.2) is 8.78 Å². The van der Waals surface area contributed by atoms with Crippen LogP contribution in [0, 0.1) is 21.7 Å². The van der Waals surface area contributed by atoms with Gasteiger partial charge in [-0.05, 0) is 26.8 Å². The molecule has 5 nitrogen and oxygen atoms in total. The van der Waals surface area contributed by atoms with Gasteiger partial charge >= 0.3 is 0 Å². The number of hydrogen-bond acceptors (Lipinski definition) is 3. The van der Waals surface area contributed by atoms with Crippen LogP contribution in [-0.2, 0) is 0 Å². The highest BCUT2D eigenvalue weighted by molar-refractivity contribution is 5.98. The quantitative estimate of drug-likeness (QED) is 0.654. The molecular weight excluding hydrogens is 246 g/mol. The monoisotopic (exact) mass is 258 g/mol. The number of nitrogens with one attached hydrogen (secondary N) is 1. The molecule has 0 aromatic heterocycles. The third-order valence-corrected chi connectivity index (χ3v) is 1.97.